The Labute approximate surface area is 129 Å². The van der Waals surface area contributed by atoms with Crippen LogP contribution in [0, 0.1) is 18.8 Å². The highest BCUT2D eigenvalue weighted by molar-refractivity contribution is 7.91. The molecule has 4 rings (SSSR count). The Kier molecular flexibility index (Phi) is 3.14. The van der Waals surface area contributed by atoms with Gasteiger partial charge in [-0.3, -0.25) is 0 Å². The predicted molar refractivity (Wildman–Crippen MR) is 85.7 cm³/mol. The second-order valence-electron chi connectivity index (χ2n) is 6.49. The molecule has 2 aromatic heterocycles. The SMILES string of the molecule is Cc1nc(N2CC(C3CCS(=O)(=O)CC3)C2)c2cc[nH]c2n1. The molecule has 0 radical (unpaired) electrons. The maximum absolute atomic E-state index is 11.5. The average Bonchev–Trinajstić information content (AvgIpc) is 2.86. The van der Waals surface area contributed by atoms with Crippen molar-refractivity contribution in [3.63, 3.8) is 0 Å². The van der Waals surface area contributed by atoms with Gasteiger partial charge in [0, 0.05) is 19.3 Å². The lowest BCUT2D eigenvalue weighted by molar-refractivity contribution is 0.252. The minimum atomic E-state index is -2.76. The largest absolute Gasteiger partial charge is 0.355 e. The number of fused-ring (bicyclic) bond motifs is 1. The van der Waals surface area contributed by atoms with Gasteiger partial charge in [0.1, 0.15) is 27.1 Å². The lowest BCUT2D eigenvalue weighted by atomic mass is 9.82. The van der Waals surface area contributed by atoms with Crippen molar-refractivity contribution in [1.29, 1.82) is 0 Å². The van der Waals surface area contributed by atoms with Gasteiger partial charge in [-0.25, -0.2) is 18.4 Å². The Hall–Kier alpha value is -1.63. The molecule has 0 unspecified atom stereocenters. The van der Waals surface area contributed by atoms with Gasteiger partial charge in [0.2, 0.25) is 0 Å². The molecule has 6 nitrogen and oxygen atoms in total. The Balaban J connectivity index is 1.48. The molecule has 22 heavy (non-hydrogen) atoms. The second kappa shape index (κ2) is 4.94. The zero-order valence-corrected chi connectivity index (χ0v) is 13.4. The molecule has 118 valence electrons. The van der Waals surface area contributed by atoms with E-state index in [2.05, 4.69) is 19.9 Å². The minimum absolute atomic E-state index is 0.364. The Morgan fingerprint density at radius 3 is 2.64 bits per heavy atom. The fourth-order valence-corrected chi connectivity index (χ4v) is 5.17. The summed E-state index contributed by atoms with van der Waals surface area (Å²) in [6.45, 7) is 3.86. The zero-order chi connectivity index (χ0) is 15.3. The number of H-pyrrole nitrogens is 1. The molecular weight excluding hydrogens is 300 g/mol. The van der Waals surface area contributed by atoms with E-state index in [1.54, 1.807) is 0 Å². The average molecular weight is 320 g/mol. The number of sulfone groups is 1. The van der Waals surface area contributed by atoms with E-state index in [0.29, 0.717) is 23.3 Å². The fourth-order valence-electron chi connectivity index (χ4n) is 3.64. The highest BCUT2D eigenvalue weighted by Crippen LogP contribution is 2.36. The third-order valence-electron chi connectivity index (χ3n) is 4.98. The van der Waals surface area contributed by atoms with Crippen molar-refractivity contribution in [3.8, 4) is 0 Å². The third-order valence-corrected chi connectivity index (χ3v) is 6.70. The summed E-state index contributed by atoms with van der Waals surface area (Å²) in [7, 11) is -2.76. The van der Waals surface area contributed by atoms with E-state index in [1.807, 2.05) is 19.2 Å². The lowest BCUT2D eigenvalue weighted by Crippen LogP contribution is -2.51. The molecule has 2 saturated heterocycles. The van der Waals surface area contributed by atoms with Crippen molar-refractivity contribution >= 4 is 26.7 Å². The zero-order valence-electron chi connectivity index (χ0n) is 12.6. The van der Waals surface area contributed by atoms with E-state index in [9.17, 15) is 8.42 Å². The lowest BCUT2D eigenvalue weighted by Gasteiger charge is -2.45. The van der Waals surface area contributed by atoms with Crippen molar-refractivity contribution in [3.05, 3.63) is 18.1 Å². The minimum Gasteiger partial charge on any atom is -0.355 e. The quantitative estimate of drug-likeness (QED) is 0.908. The molecule has 2 aliphatic rings. The van der Waals surface area contributed by atoms with E-state index in [4.69, 9.17) is 0 Å². The van der Waals surface area contributed by atoms with Gasteiger partial charge in [-0.1, -0.05) is 0 Å². The number of nitrogens with zero attached hydrogens (tertiary/aromatic N) is 3. The summed E-state index contributed by atoms with van der Waals surface area (Å²) in [6, 6.07) is 2.02. The second-order valence-corrected chi connectivity index (χ2v) is 8.79. The van der Waals surface area contributed by atoms with Crippen molar-refractivity contribution in [1.82, 2.24) is 15.0 Å². The number of rotatable bonds is 2. The van der Waals surface area contributed by atoms with Crippen LogP contribution < -0.4 is 4.90 Å². The summed E-state index contributed by atoms with van der Waals surface area (Å²) in [6.07, 6.45) is 3.54. The summed E-state index contributed by atoms with van der Waals surface area (Å²) in [5.74, 6) is 3.65. The van der Waals surface area contributed by atoms with Crippen molar-refractivity contribution in [2.45, 2.75) is 19.8 Å². The number of hydrogen-bond acceptors (Lipinski definition) is 5. The molecule has 0 amide bonds. The number of nitrogens with one attached hydrogen (secondary N) is 1. The van der Waals surface area contributed by atoms with Crippen LogP contribution >= 0.6 is 0 Å². The van der Waals surface area contributed by atoms with Gasteiger partial charge in [-0.2, -0.15) is 0 Å². The monoisotopic (exact) mass is 320 g/mol. The fraction of sp³-hybridized carbons (Fsp3) is 0.600. The molecule has 0 aromatic carbocycles. The van der Waals surface area contributed by atoms with Crippen molar-refractivity contribution < 1.29 is 8.42 Å². The van der Waals surface area contributed by atoms with Gasteiger partial charge in [0.25, 0.3) is 0 Å². The summed E-state index contributed by atoms with van der Waals surface area (Å²) in [5, 5.41) is 1.07. The maximum Gasteiger partial charge on any atom is 0.150 e. The number of aromatic amines is 1. The first kappa shape index (κ1) is 14.0. The number of anilines is 1. The molecule has 4 heterocycles. The molecule has 2 aliphatic heterocycles. The van der Waals surface area contributed by atoms with E-state index in [1.165, 1.54) is 0 Å². The summed E-state index contributed by atoms with van der Waals surface area (Å²) in [4.78, 5) is 14.4. The Morgan fingerprint density at radius 1 is 1.18 bits per heavy atom. The van der Waals surface area contributed by atoms with Gasteiger partial charge in [-0.15, -0.1) is 0 Å². The number of hydrogen-bond donors (Lipinski definition) is 1. The third kappa shape index (κ3) is 2.37. The van der Waals surface area contributed by atoms with Crippen LogP contribution in [0.5, 0.6) is 0 Å². The van der Waals surface area contributed by atoms with Crippen LogP contribution in [-0.2, 0) is 9.84 Å². The van der Waals surface area contributed by atoms with E-state index >= 15 is 0 Å². The molecule has 0 saturated carbocycles. The molecule has 0 spiro atoms. The molecule has 7 heteroatoms. The molecule has 1 N–H and O–H groups in total. The van der Waals surface area contributed by atoms with Crippen LogP contribution in [0.3, 0.4) is 0 Å². The smallest absolute Gasteiger partial charge is 0.150 e. The van der Waals surface area contributed by atoms with Gasteiger partial charge in [0.15, 0.2) is 0 Å². The number of aromatic nitrogens is 3. The number of aryl methyl sites for hydroxylation is 1. The van der Waals surface area contributed by atoms with Crippen molar-refractivity contribution in [2.75, 3.05) is 29.5 Å². The van der Waals surface area contributed by atoms with Crippen LogP contribution in [0.1, 0.15) is 18.7 Å². The van der Waals surface area contributed by atoms with Gasteiger partial charge in [-0.05, 0) is 37.7 Å². The van der Waals surface area contributed by atoms with Gasteiger partial charge < -0.3 is 9.88 Å². The van der Waals surface area contributed by atoms with Crippen molar-refractivity contribution in [2.24, 2.45) is 11.8 Å². The van der Waals surface area contributed by atoms with Crippen LogP contribution in [0.25, 0.3) is 11.0 Å². The highest BCUT2D eigenvalue weighted by Gasteiger charge is 2.37. The Bertz CT molecular complexity index is 794. The van der Waals surface area contributed by atoms with E-state index < -0.39 is 9.84 Å². The normalized spacial score (nSPS) is 22.9. The first-order chi connectivity index (χ1) is 10.5. The molecular formula is C15H20N4O2S. The van der Waals surface area contributed by atoms with Gasteiger partial charge in [0.05, 0.1) is 16.9 Å². The van der Waals surface area contributed by atoms with Gasteiger partial charge >= 0.3 is 0 Å². The highest BCUT2D eigenvalue weighted by atomic mass is 32.2. The predicted octanol–water partition coefficient (Wildman–Crippen LogP) is 1.53. The molecule has 2 fully saturated rings. The maximum atomic E-state index is 11.5. The first-order valence-corrected chi connectivity index (χ1v) is 9.61. The van der Waals surface area contributed by atoms with Crippen LogP contribution in [0.15, 0.2) is 12.3 Å². The molecule has 0 atom stereocenters. The first-order valence-electron chi connectivity index (χ1n) is 7.79. The van der Waals surface area contributed by atoms with Crippen LogP contribution in [0.4, 0.5) is 5.82 Å². The van der Waals surface area contributed by atoms with E-state index in [-0.39, 0.29) is 0 Å². The van der Waals surface area contributed by atoms with E-state index in [0.717, 1.165) is 48.6 Å². The Morgan fingerprint density at radius 2 is 1.91 bits per heavy atom. The molecule has 0 bridgehead atoms. The molecule has 2 aromatic rings. The van der Waals surface area contributed by atoms with Crippen LogP contribution in [0.2, 0.25) is 0 Å². The topological polar surface area (TPSA) is 79.0 Å². The summed E-state index contributed by atoms with van der Waals surface area (Å²) < 4.78 is 23.1. The van der Waals surface area contributed by atoms with Crippen LogP contribution in [-0.4, -0.2) is 48.0 Å². The standard InChI is InChI=1S/C15H20N4O2S/c1-10-17-14-13(2-5-16-14)15(18-10)19-8-12(9-19)11-3-6-22(20,21)7-4-11/h2,5,11-12H,3-4,6-9H2,1H3,(H,16,17,18). The summed E-state index contributed by atoms with van der Waals surface area (Å²) >= 11 is 0. The summed E-state index contributed by atoms with van der Waals surface area (Å²) in [5.41, 5.74) is 0.884. The molecule has 0 aliphatic carbocycles.